The molecule has 1 unspecified atom stereocenters. The second kappa shape index (κ2) is 10.7. The van der Waals surface area contributed by atoms with Crippen LogP contribution in [-0.2, 0) is 20.9 Å². The third-order valence-corrected chi connectivity index (χ3v) is 6.03. The zero-order chi connectivity index (χ0) is 24.1. The summed E-state index contributed by atoms with van der Waals surface area (Å²) in [6.07, 6.45) is 3.09. The van der Waals surface area contributed by atoms with Crippen LogP contribution in [0.25, 0.3) is 0 Å². The largest absolute Gasteiger partial charge is 0.450 e. The molecule has 11 nitrogen and oxygen atoms in total. The number of carbonyl (C=O) groups is 3. The molecule has 1 atom stereocenters. The molecular weight excluding hydrogens is 450 g/mol. The van der Waals surface area contributed by atoms with Crippen LogP contribution in [0.2, 0.25) is 5.02 Å². The smallest absolute Gasteiger partial charge is 0.409 e. The normalized spacial score (nSPS) is 14.8. The van der Waals surface area contributed by atoms with Crippen molar-refractivity contribution in [1.82, 2.24) is 29.4 Å². The van der Waals surface area contributed by atoms with E-state index in [-0.39, 0.29) is 24.3 Å². The van der Waals surface area contributed by atoms with Gasteiger partial charge in [-0.1, -0.05) is 11.6 Å². The molecule has 12 heteroatoms. The maximum absolute atomic E-state index is 13.0. The molecule has 1 saturated heterocycles. The Bertz CT molecular complexity index is 1010. The lowest BCUT2D eigenvalue weighted by atomic mass is 10.2. The maximum Gasteiger partial charge on any atom is 0.409 e. The van der Waals surface area contributed by atoms with Crippen molar-refractivity contribution < 1.29 is 19.1 Å². The fraction of sp³-hybridized carbons (Fsp3) is 0.571. The van der Waals surface area contributed by atoms with Crippen molar-refractivity contribution in [2.45, 2.75) is 46.7 Å². The van der Waals surface area contributed by atoms with Gasteiger partial charge in [-0.25, -0.2) is 4.79 Å². The van der Waals surface area contributed by atoms with Gasteiger partial charge in [0.15, 0.2) is 0 Å². The summed E-state index contributed by atoms with van der Waals surface area (Å²) in [6, 6.07) is -0.544. The monoisotopic (exact) mass is 479 g/mol. The van der Waals surface area contributed by atoms with Crippen LogP contribution < -0.4 is 5.32 Å². The Morgan fingerprint density at radius 1 is 1.18 bits per heavy atom. The number of ether oxygens (including phenoxy) is 1. The zero-order valence-corrected chi connectivity index (χ0v) is 20.1. The summed E-state index contributed by atoms with van der Waals surface area (Å²) >= 11 is 5.99. The number of aromatic nitrogens is 4. The Balaban J connectivity index is 1.54. The molecule has 180 valence electrons. The van der Waals surface area contributed by atoms with Gasteiger partial charge in [0.05, 0.1) is 41.4 Å². The first-order valence-electron chi connectivity index (χ1n) is 10.9. The fourth-order valence-corrected chi connectivity index (χ4v) is 3.71. The first kappa shape index (κ1) is 24.6. The molecule has 3 rings (SSSR count). The summed E-state index contributed by atoms with van der Waals surface area (Å²) in [7, 11) is 0. The number of hydrogen-bond donors (Lipinski definition) is 1. The van der Waals surface area contributed by atoms with Crippen molar-refractivity contribution in [2.75, 3.05) is 38.1 Å². The van der Waals surface area contributed by atoms with Crippen molar-refractivity contribution in [3.05, 3.63) is 28.8 Å². The Labute approximate surface area is 197 Å². The van der Waals surface area contributed by atoms with Crippen molar-refractivity contribution in [1.29, 1.82) is 0 Å². The lowest BCUT2D eigenvalue weighted by molar-refractivity contribution is -0.136. The van der Waals surface area contributed by atoms with Gasteiger partial charge in [-0.3, -0.25) is 19.0 Å². The zero-order valence-electron chi connectivity index (χ0n) is 19.4. The van der Waals surface area contributed by atoms with Gasteiger partial charge in [-0.15, -0.1) is 0 Å². The van der Waals surface area contributed by atoms with E-state index >= 15 is 0 Å². The molecule has 2 aromatic heterocycles. The van der Waals surface area contributed by atoms with Gasteiger partial charge in [0.2, 0.25) is 11.8 Å². The highest BCUT2D eigenvalue weighted by Crippen LogP contribution is 2.19. The van der Waals surface area contributed by atoms with Gasteiger partial charge in [0.1, 0.15) is 6.04 Å². The van der Waals surface area contributed by atoms with Gasteiger partial charge in [0, 0.05) is 38.8 Å². The number of aryl methyl sites for hydroxylation is 2. The molecule has 1 aliphatic heterocycles. The topological polar surface area (TPSA) is 115 Å². The van der Waals surface area contributed by atoms with Crippen molar-refractivity contribution in [3.8, 4) is 0 Å². The number of nitrogens with zero attached hydrogens (tertiary/aromatic N) is 6. The van der Waals surface area contributed by atoms with Crippen molar-refractivity contribution in [2.24, 2.45) is 0 Å². The van der Waals surface area contributed by atoms with Crippen LogP contribution in [0.4, 0.5) is 10.5 Å². The number of anilines is 1. The lowest BCUT2D eigenvalue weighted by Gasteiger charge is -2.35. The van der Waals surface area contributed by atoms with E-state index < -0.39 is 6.04 Å². The summed E-state index contributed by atoms with van der Waals surface area (Å²) in [5, 5.41) is 12.0. The second-order valence-electron chi connectivity index (χ2n) is 7.89. The number of piperazine rings is 1. The Morgan fingerprint density at radius 3 is 2.45 bits per heavy atom. The Hall–Kier alpha value is -3.08. The quantitative estimate of drug-likeness (QED) is 0.651. The molecule has 0 saturated carbocycles. The third kappa shape index (κ3) is 5.84. The summed E-state index contributed by atoms with van der Waals surface area (Å²) in [4.78, 5) is 40.5. The minimum Gasteiger partial charge on any atom is -0.450 e. The lowest BCUT2D eigenvalue weighted by Crippen LogP contribution is -2.52. The molecule has 0 radical (unpaired) electrons. The van der Waals surface area contributed by atoms with Crippen LogP contribution in [0.5, 0.6) is 0 Å². The Morgan fingerprint density at radius 2 is 1.85 bits per heavy atom. The first-order chi connectivity index (χ1) is 15.7. The van der Waals surface area contributed by atoms with Crippen molar-refractivity contribution in [3.63, 3.8) is 0 Å². The molecule has 3 heterocycles. The Kier molecular flexibility index (Phi) is 7.96. The van der Waals surface area contributed by atoms with Gasteiger partial charge >= 0.3 is 6.09 Å². The first-order valence-corrected chi connectivity index (χ1v) is 11.3. The summed E-state index contributed by atoms with van der Waals surface area (Å²) in [6.45, 7) is 9.60. The average Bonchev–Trinajstić information content (AvgIpc) is 3.33. The minimum atomic E-state index is -0.544. The molecule has 1 N–H and O–H groups in total. The highest BCUT2D eigenvalue weighted by molar-refractivity contribution is 6.31. The summed E-state index contributed by atoms with van der Waals surface area (Å²) in [5.74, 6) is -0.275. The maximum atomic E-state index is 13.0. The molecule has 0 aliphatic carbocycles. The molecular formula is C21H30ClN7O4. The van der Waals surface area contributed by atoms with E-state index in [1.165, 1.54) is 0 Å². The fourth-order valence-electron chi connectivity index (χ4n) is 3.57. The standard InChI is InChI=1S/C21H30ClN7O4/c1-5-33-21(32)27-10-8-26(9-11-27)20(31)16(4)29-13-18(14(2)25-29)24-19(30)6-7-28-15(3)17(22)12-23-28/h12-13,16H,5-11H2,1-4H3,(H,24,30). The van der Waals surface area contributed by atoms with E-state index in [1.54, 1.807) is 52.3 Å². The van der Waals surface area contributed by atoms with Gasteiger partial charge < -0.3 is 19.9 Å². The van der Waals surface area contributed by atoms with Crippen LogP contribution in [-0.4, -0.2) is 80.1 Å². The third-order valence-electron chi connectivity index (χ3n) is 5.66. The second-order valence-corrected chi connectivity index (χ2v) is 8.30. The van der Waals surface area contributed by atoms with Gasteiger partial charge in [-0.2, -0.15) is 10.2 Å². The molecule has 33 heavy (non-hydrogen) atoms. The van der Waals surface area contributed by atoms with E-state index in [0.717, 1.165) is 5.69 Å². The summed E-state index contributed by atoms with van der Waals surface area (Å²) in [5.41, 5.74) is 1.99. The van der Waals surface area contributed by atoms with Crippen LogP contribution in [0, 0.1) is 13.8 Å². The number of nitrogens with one attached hydrogen (secondary N) is 1. The van der Waals surface area contributed by atoms with Crippen LogP contribution in [0.3, 0.4) is 0 Å². The number of carbonyl (C=O) groups excluding carboxylic acids is 3. The molecule has 2 aromatic rings. The molecule has 0 aromatic carbocycles. The van der Waals surface area contributed by atoms with Crippen LogP contribution in [0.1, 0.15) is 37.7 Å². The van der Waals surface area contributed by atoms with Gasteiger partial charge in [-0.05, 0) is 27.7 Å². The molecule has 1 fully saturated rings. The van der Waals surface area contributed by atoms with E-state index in [1.807, 2.05) is 6.92 Å². The van der Waals surface area contributed by atoms with E-state index in [0.29, 0.717) is 55.7 Å². The van der Waals surface area contributed by atoms with E-state index in [9.17, 15) is 14.4 Å². The van der Waals surface area contributed by atoms with E-state index in [2.05, 4.69) is 15.5 Å². The number of halogens is 1. The summed E-state index contributed by atoms with van der Waals surface area (Å²) < 4.78 is 8.25. The number of rotatable bonds is 7. The van der Waals surface area contributed by atoms with Gasteiger partial charge in [0.25, 0.3) is 0 Å². The molecule has 0 spiro atoms. The molecule has 0 bridgehead atoms. The van der Waals surface area contributed by atoms with Crippen LogP contribution >= 0.6 is 11.6 Å². The number of hydrogen-bond acceptors (Lipinski definition) is 6. The van der Waals surface area contributed by atoms with E-state index in [4.69, 9.17) is 16.3 Å². The predicted octanol–water partition coefficient (Wildman–Crippen LogP) is 2.24. The predicted molar refractivity (Wildman–Crippen MR) is 122 cm³/mol. The number of amides is 3. The molecule has 1 aliphatic rings. The van der Waals surface area contributed by atoms with Crippen LogP contribution in [0.15, 0.2) is 12.4 Å². The SMILES string of the molecule is CCOC(=O)N1CCN(C(=O)C(C)n2cc(NC(=O)CCn3ncc(Cl)c3C)c(C)n2)CC1. The van der Waals surface area contributed by atoms with Crippen molar-refractivity contribution >= 4 is 35.2 Å². The minimum absolute atomic E-state index is 0.0927. The highest BCUT2D eigenvalue weighted by Gasteiger charge is 2.29. The highest BCUT2D eigenvalue weighted by atomic mass is 35.5. The average molecular weight is 480 g/mol. The molecule has 3 amide bonds.